The first-order valence-electron chi connectivity index (χ1n) is 7.27. The number of nitrogens with one attached hydrogen (secondary N) is 1. The first-order chi connectivity index (χ1) is 10.7. The molecule has 1 aliphatic heterocycles. The fourth-order valence-corrected chi connectivity index (χ4v) is 4.88. The molecule has 0 aromatic heterocycles. The van der Waals surface area contributed by atoms with Crippen LogP contribution in [0, 0.1) is 0 Å². The molecular weight excluding hydrogens is 353 g/mol. The van der Waals surface area contributed by atoms with Crippen LogP contribution in [0.3, 0.4) is 0 Å². The molecule has 1 heterocycles. The summed E-state index contributed by atoms with van der Waals surface area (Å²) in [5, 5.41) is 2.68. The van der Waals surface area contributed by atoms with Gasteiger partial charge >= 0.3 is 6.18 Å². The number of benzene rings is 1. The molecule has 0 spiro atoms. The normalized spacial score (nSPS) is 19.5. The van der Waals surface area contributed by atoms with Gasteiger partial charge < -0.3 is 5.32 Å². The van der Waals surface area contributed by atoms with Gasteiger partial charge in [-0.15, -0.1) is 0 Å². The summed E-state index contributed by atoms with van der Waals surface area (Å²) in [5.41, 5.74) is -0.967. The summed E-state index contributed by atoms with van der Waals surface area (Å²) in [6.45, 7) is 3.38. The lowest BCUT2D eigenvalue weighted by Gasteiger charge is -2.27. The summed E-state index contributed by atoms with van der Waals surface area (Å²) in [5.74, 6) is 0. The second kappa shape index (κ2) is 6.96. The third kappa shape index (κ3) is 3.99. The first-order valence-corrected chi connectivity index (χ1v) is 9.09. The Labute approximate surface area is 138 Å². The van der Waals surface area contributed by atoms with Crippen molar-refractivity contribution in [2.24, 2.45) is 0 Å². The average Bonchev–Trinajstić information content (AvgIpc) is 2.96. The first kappa shape index (κ1) is 18.5. The largest absolute Gasteiger partial charge is 0.416 e. The standard InChI is InChI=1S/C14H18ClF3N2O2S/c1-2-7-20(11-5-6-19-9-11)23(21,22)13-4-3-10(8-12(13)15)14(16,17)18/h3-4,8,11,19H,2,5-7,9H2,1H3. The number of alkyl halides is 3. The number of rotatable bonds is 5. The maximum absolute atomic E-state index is 12.8. The Hall–Kier alpha value is -0.830. The molecule has 0 amide bonds. The molecule has 1 unspecified atom stereocenters. The zero-order valence-electron chi connectivity index (χ0n) is 12.5. The van der Waals surface area contributed by atoms with Gasteiger partial charge in [-0.25, -0.2) is 8.42 Å². The Bertz CT molecular complexity index is 658. The van der Waals surface area contributed by atoms with Crippen molar-refractivity contribution in [3.8, 4) is 0 Å². The Kier molecular flexibility index (Phi) is 5.60. The molecule has 1 atom stereocenters. The number of hydrogen-bond acceptors (Lipinski definition) is 3. The van der Waals surface area contributed by atoms with Crippen molar-refractivity contribution in [1.29, 1.82) is 0 Å². The van der Waals surface area contributed by atoms with E-state index in [0.29, 0.717) is 38.5 Å². The van der Waals surface area contributed by atoms with Gasteiger partial charge in [0.25, 0.3) is 0 Å². The van der Waals surface area contributed by atoms with Crippen molar-refractivity contribution in [3.05, 3.63) is 28.8 Å². The highest BCUT2D eigenvalue weighted by Gasteiger charge is 2.36. The maximum Gasteiger partial charge on any atom is 0.416 e. The van der Waals surface area contributed by atoms with Gasteiger partial charge in [-0.1, -0.05) is 18.5 Å². The molecule has 1 saturated heterocycles. The molecule has 1 aromatic carbocycles. The monoisotopic (exact) mass is 370 g/mol. The fraction of sp³-hybridized carbons (Fsp3) is 0.571. The van der Waals surface area contributed by atoms with E-state index in [4.69, 9.17) is 11.6 Å². The molecule has 0 aliphatic carbocycles. The van der Waals surface area contributed by atoms with E-state index in [9.17, 15) is 21.6 Å². The summed E-state index contributed by atoms with van der Waals surface area (Å²) in [7, 11) is -3.95. The van der Waals surface area contributed by atoms with Crippen LogP contribution < -0.4 is 5.32 Å². The zero-order chi connectivity index (χ0) is 17.3. The van der Waals surface area contributed by atoms with Gasteiger partial charge in [0, 0.05) is 19.1 Å². The Morgan fingerprint density at radius 1 is 1.39 bits per heavy atom. The highest BCUT2D eigenvalue weighted by Crippen LogP contribution is 2.34. The molecule has 23 heavy (non-hydrogen) atoms. The van der Waals surface area contributed by atoms with Gasteiger partial charge in [0.05, 0.1) is 10.6 Å². The van der Waals surface area contributed by atoms with E-state index < -0.39 is 26.8 Å². The van der Waals surface area contributed by atoms with E-state index in [1.807, 2.05) is 6.92 Å². The fourth-order valence-electron chi connectivity index (χ4n) is 2.62. The van der Waals surface area contributed by atoms with Crippen molar-refractivity contribution < 1.29 is 21.6 Å². The zero-order valence-corrected chi connectivity index (χ0v) is 14.1. The molecule has 1 fully saturated rings. The lowest BCUT2D eigenvalue weighted by Crippen LogP contribution is -2.42. The van der Waals surface area contributed by atoms with Crippen LogP contribution in [0.1, 0.15) is 25.3 Å². The van der Waals surface area contributed by atoms with Crippen LogP contribution in [0.2, 0.25) is 5.02 Å². The van der Waals surface area contributed by atoms with E-state index in [2.05, 4.69) is 5.32 Å². The smallest absolute Gasteiger partial charge is 0.315 e. The Morgan fingerprint density at radius 2 is 2.09 bits per heavy atom. The third-order valence-corrected chi connectivity index (χ3v) is 6.17. The van der Waals surface area contributed by atoms with Crippen molar-refractivity contribution in [2.75, 3.05) is 19.6 Å². The molecular formula is C14H18ClF3N2O2S. The van der Waals surface area contributed by atoms with Crippen LogP contribution >= 0.6 is 11.6 Å². The van der Waals surface area contributed by atoms with E-state index in [0.717, 1.165) is 12.1 Å². The average molecular weight is 371 g/mol. The quantitative estimate of drug-likeness (QED) is 0.866. The second-order valence-corrected chi connectivity index (χ2v) is 7.67. The maximum atomic E-state index is 12.8. The summed E-state index contributed by atoms with van der Waals surface area (Å²) in [6.07, 6.45) is -3.30. The molecule has 1 aliphatic rings. The van der Waals surface area contributed by atoms with Gasteiger partial charge in [-0.05, 0) is 37.6 Å². The van der Waals surface area contributed by atoms with Gasteiger partial charge in [0.15, 0.2) is 0 Å². The van der Waals surface area contributed by atoms with Crippen LogP contribution in [0.5, 0.6) is 0 Å². The van der Waals surface area contributed by atoms with Gasteiger partial charge in [0.2, 0.25) is 10.0 Å². The minimum absolute atomic E-state index is 0.210. The van der Waals surface area contributed by atoms with Crippen molar-refractivity contribution in [1.82, 2.24) is 9.62 Å². The Balaban J connectivity index is 2.41. The topological polar surface area (TPSA) is 49.4 Å². The molecule has 4 nitrogen and oxygen atoms in total. The molecule has 9 heteroatoms. The molecule has 0 bridgehead atoms. The number of hydrogen-bond donors (Lipinski definition) is 1. The molecule has 1 aromatic rings. The van der Waals surface area contributed by atoms with Gasteiger partial charge in [-0.2, -0.15) is 17.5 Å². The highest BCUT2D eigenvalue weighted by molar-refractivity contribution is 7.89. The lowest BCUT2D eigenvalue weighted by atomic mass is 10.2. The second-order valence-electron chi connectivity index (χ2n) is 5.41. The van der Waals surface area contributed by atoms with Crippen molar-refractivity contribution >= 4 is 21.6 Å². The third-order valence-electron chi connectivity index (χ3n) is 3.73. The minimum Gasteiger partial charge on any atom is -0.315 e. The van der Waals surface area contributed by atoms with E-state index in [-0.39, 0.29) is 10.9 Å². The van der Waals surface area contributed by atoms with Crippen LogP contribution in [-0.2, 0) is 16.2 Å². The molecule has 130 valence electrons. The summed E-state index contributed by atoms with van der Waals surface area (Å²) < 4.78 is 65.1. The number of halogens is 4. The van der Waals surface area contributed by atoms with Crippen molar-refractivity contribution in [2.45, 2.75) is 36.9 Å². The highest BCUT2D eigenvalue weighted by atomic mass is 35.5. The molecule has 2 rings (SSSR count). The van der Waals surface area contributed by atoms with E-state index >= 15 is 0 Å². The SMILES string of the molecule is CCCN(C1CCNC1)S(=O)(=O)c1ccc(C(F)(F)F)cc1Cl. The van der Waals surface area contributed by atoms with Crippen molar-refractivity contribution in [3.63, 3.8) is 0 Å². The summed E-state index contributed by atoms with van der Waals surface area (Å²) in [4.78, 5) is -0.285. The lowest BCUT2D eigenvalue weighted by molar-refractivity contribution is -0.137. The predicted molar refractivity (Wildman–Crippen MR) is 81.9 cm³/mol. The molecule has 0 radical (unpaired) electrons. The van der Waals surface area contributed by atoms with Gasteiger partial charge in [0.1, 0.15) is 4.90 Å². The molecule has 1 N–H and O–H groups in total. The summed E-state index contributed by atoms with van der Waals surface area (Å²) in [6, 6.07) is 2.13. The van der Waals surface area contributed by atoms with Gasteiger partial charge in [-0.3, -0.25) is 0 Å². The predicted octanol–water partition coefficient (Wildman–Crippen LogP) is 3.12. The Morgan fingerprint density at radius 3 is 2.57 bits per heavy atom. The van der Waals surface area contributed by atoms with Crippen LogP contribution in [0.25, 0.3) is 0 Å². The minimum atomic E-state index is -4.57. The number of sulfonamides is 1. The summed E-state index contributed by atoms with van der Waals surface area (Å²) >= 11 is 5.85. The van der Waals surface area contributed by atoms with E-state index in [1.165, 1.54) is 4.31 Å². The van der Waals surface area contributed by atoms with Crippen LogP contribution in [0.15, 0.2) is 23.1 Å². The van der Waals surface area contributed by atoms with Crippen LogP contribution in [0.4, 0.5) is 13.2 Å². The molecule has 0 saturated carbocycles. The number of nitrogens with zero attached hydrogens (tertiary/aromatic N) is 1. The van der Waals surface area contributed by atoms with Crippen LogP contribution in [-0.4, -0.2) is 38.4 Å². The van der Waals surface area contributed by atoms with E-state index in [1.54, 1.807) is 0 Å².